The fraction of sp³-hybridized carbons (Fsp3) is 0.400. The number of amides is 2. The number of benzene rings is 1. The number of hydrogen-bond donors (Lipinski definition) is 2. The normalized spacial score (nSPS) is 26.9. The summed E-state index contributed by atoms with van der Waals surface area (Å²) >= 11 is 1.64. The van der Waals surface area contributed by atoms with Crippen molar-refractivity contribution in [2.75, 3.05) is 11.1 Å². The zero-order chi connectivity index (χ0) is 15.9. The average molecular weight is 320 g/mol. The Kier molecular flexibility index (Phi) is 3.60. The van der Waals surface area contributed by atoms with Gasteiger partial charge in [0.05, 0.1) is 10.4 Å². The van der Waals surface area contributed by atoms with Crippen molar-refractivity contribution in [2.45, 2.75) is 30.7 Å². The molecule has 2 saturated heterocycles. The maximum Gasteiger partial charge on any atom is 0.335 e. The van der Waals surface area contributed by atoms with Crippen LogP contribution in [0.25, 0.3) is 0 Å². The van der Waals surface area contributed by atoms with E-state index in [2.05, 4.69) is 5.32 Å². The topological polar surface area (TPSA) is 86.7 Å². The number of carbonyl (C=O) groups excluding carboxylic acids is 2. The summed E-state index contributed by atoms with van der Waals surface area (Å²) in [5.74, 6) is -0.631. The standard InChI is InChI=1S/C15H16N2O4S/c1-15-7-6-12(18)17(15)11(8-22-15)13(19)16-10-4-2-9(3-5-10)14(20)21/h2-5,11H,6-8H2,1H3,(H,16,19)(H,20,21)/t11-,15+/m1/s1. The number of anilines is 1. The van der Waals surface area contributed by atoms with Crippen LogP contribution >= 0.6 is 11.8 Å². The SMILES string of the molecule is C[C@]12CCC(=O)N1[C@@H](C(=O)Nc1ccc(C(=O)O)cc1)CS2. The molecule has 2 N–H and O–H groups in total. The summed E-state index contributed by atoms with van der Waals surface area (Å²) in [7, 11) is 0. The van der Waals surface area contributed by atoms with Gasteiger partial charge in [0, 0.05) is 17.9 Å². The highest BCUT2D eigenvalue weighted by atomic mass is 32.2. The number of aromatic carboxylic acids is 1. The molecule has 0 bridgehead atoms. The van der Waals surface area contributed by atoms with Crippen LogP contribution in [0.3, 0.4) is 0 Å². The molecule has 0 unspecified atom stereocenters. The molecule has 0 radical (unpaired) electrons. The summed E-state index contributed by atoms with van der Waals surface area (Å²) in [6, 6.07) is 5.51. The number of thioether (sulfide) groups is 1. The Morgan fingerprint density at radius 2 is 2.05 bits per heavy atom. The van der Waals surface area contributed by atoms with Crippen LogP contribution in [-0.4, -0.2) is 44.5 Å². The van der Waals surface area contributed by atoms with Crippen molar-refractivity contribution >= 4 is 35.2 Å². The van der Waals surface area contributed by atoms with Gasteiger partial charge in [-0.3, -0.25) is 9.59 Å². The van der Waals surface area contributed by atoms with Crippen LogP contribution in [0, 0.1) is 0 Å². The number of fused-ring (bicyclic) bond motifs is 1. The molecule has 2 heterocycles. The Balaban J connectivity index is 1.72. The smallest absolute Gasteiger partial charge is 0.335 e. The largest absolute Gasteiger partial charge is 0.478 e. The van der Waals surface area contributed by atoms with Crippen LogP contribution in [0.1, 0.15) is 30.1 Å². The molecule has 1 aromatic rings. The molecular formula is C15H16N2O4S. The Morgan fingerprint density at radius 3 is 2.68 bits per heavy atom. The summed E-state index contributed by atoms with van der Waals surface area (Å²) in [5, 5.41) is 11.6. The number of carboxylic acid groups (broad SMARTS) is 1. The van der Waals surface area contributed by atoms with Gasteiger partial charge >= 0.3 is 5.97 Å². The molecule has 2 aliphatic heterocycles. The van der Waals surface area contributed by atoms with Crippen molar-refractivity contribution in [3.05, 3.63) is 29.8 Å². The molecule has 1 aromatic carbocycles. The Labute approximate surface area is 131 Å². The minimum atomic E-state index is -1.01. The van der Waals surface area contributed by atoms with Crippen LogP contribution in [0.4, 0.5) is 5.69 Å². The van der Waals surface area contributed by atoms with Gasteiger partial charge in [-0.25, -0.2) is 4.79 Å². The monoisotopic (exact) mass is 320 g/mol. The maximum atomic E-state index is 12.4. The van der Waals surface area contributed by atoms with Gasteiger partial charge in [0.2, 0.25) is 11.8 Å². The number of nitrogens with one attached hydrogen (secondary N) is 1. The molecule has 0 spiro atoms. The van der Waals surface area contributed by atoms with E-state index in [4.69, 9.17) is 5.11 Å². The second-order valence-corrected chi connectivity index (χ2v) is 7.14. The molecule has 7 heteroatoms. The number of carbonyl (C=O) groups is 3. The van der Waals surface area contributed by atoms with Gasteiger partial charge in [0.1, 0.15) is 6.04 Å². The van der Waals surface area contributed by atoms with E-state index in [1.54, 1.807) is 28.8 Å². The lowest BCUT2D eigenvalue weighted by Gasteiger charge is -2.29. The molecule has 0 aliphatic carbocycles. The first-order valence-corrected chi connectivity index (χ1v) is 8.00. The third-order valence-electron chi connectivity index (χ3n) is 4.15. The van der Waals surface area contributed by atoms with Crippen LogP contribution in [-0.2, 0) is 9.59 Å². The van der Waals surface area contributed by atoms with Crippen LogP contribution in [0.5, 0.6) is 0 Å². The molecule has 2 aliphatic rings. The minimum Gasteiger partial charge on any atom is -0.478 e. The van der Waals surface area contributed by atoms with Gasteiger partial charge in [0.25, 0.3) is 0 Å². The minimum absolute atomic E-state index is 0.0221. The molecule has 0 aromatic heterocycles. The van der Waals surface area contributed by atoms with Crippen molar-refractivity contribution in [1.82, 2.24) is 4.90 Å². The fourth-order valence-corrected chi connectivity index (χ4v) is 4.37. The molecule has 2 atom stereocenters. The summed E-state index contributed by atoms with van der Waals surface area (Å²) in [4.78, 5) is 36.7. The lowest BCUT2D eigenvalue weighted by Crippen LogP contribution is -2.48. The molecule has 22 heavy (non-hydrogen) atoms. The van der Waals surface area contributed by atoms with Crippen LogP contribution in [0.2, 0.25) is 0 Å². The summed E-state index contributed by atoms with van der Waals surface area (Å²) in [6.45, 7) is 2.00. The Bertz CT molecular complexity index is 645. The van der Waals surface area contributed by atoms with Gasteiger partial charge in [-0.05, 0) is 37.6 Å². The Hall–Kier alpha value is -2.02. The van der Waals surface area contributed by atoms with Crippen molar-refractivity contribution < 1.29 is 19.5 Å². The zero-order valence-electron chi connectivity index (χ0n) is 12.0. The van der Waals surface area contributed by atoms with Gasteiger partial charge in [-0.2, -0.15) is 0 Å². The summed E-state index contributed by atoms with van der Waals surface area (Å²) in [5.41, 5.74) is 0.692. The van der Waals surface area contributed by atoms with Gasteiger partial charge < -0.3 is 15.3 Å². The quantitative estimate of drug-likeness (QED) is 0.886. The Morgan fingerprint density at radius 1 is 1.36 bits per heavy atom. The fourth-order valence-electron chi connectivity index (χ4n) is 2.94. The molecule has 2 amide bonds. The average Bonchev–Trinajstić information content (AvgIpc) is 2.97. The summed E-state index contributed by atoms with van der Waals surface area (Å²) in [6.07, 6.45) is 1.26. The second-order valence-electron chi connectivity index (χ2n) is 5.64. The summed E-state index contributed by atoms with van der Waals surface area (Å²) < 4.78 is 0. The molecular weight excluding hydrogens is 304 g/mol. The first kappa shape index (κ1) is 14.9. The van der Waals surface area contributed by atoms with E-state index in [1.807, 2.05) is 6.92 Å². The first-order valence-electron chi connectivity index (χ1n) is 7.01. The maximum absolute atomic E-state index is 12.4. The highest BCUT2D eigenvalue weighted by molar-refractivity contribution is 8.01. The molecule has 3 rings (SSSR count). The van der Waals surface area contributed by atoms with E-state index < -0.39 is 12.0 Å². The van der Waals surface area contributed by atoms with E-state index in [-0.39, 0.29) is 22.2 Å². The number of rotatable bonds is 3. The van der Waals surface area contributed by atoms with Crippen molar-refractivity contribution in [2.24, 2.45) is 0 Å². The predicted octanol–water partition coefficient (Wildman–Crippen LogP) is 1.78. The van der Waals surface area contributed by atoms with Crippen molar-refractivity contribution in [3.63, 3.8) is 0 Å². The lowest BCUT2D eigenvalue weighted by molar-refractivity contribution is -0.135. The highest BCUT2D eigenvalue weighted by Crippen LogP contribution is 2.47. The van der Waals surface area contributed by atoms with E-state index in [0.717, 1.165) is 6.42 Å². The van der Waals surface area contributed by atoms with E-state index in [0.29, 0.717) is 17.9 Å². The molecule has 2 fully saturated rings. The molecule has 116 valence electrons. The van der Waals surface area contributed by atoms with E-state index >= 15 is 0 Å². The first-order chi connectivity index (χ1) is 10.4. The predicted molar refractivity (Wildman–Crippen MR) is 82.8 cm³/mol. The van der Waals surface area contributed by atoms with Gasteiger partial charge in [-0.15, -0.1) is 11.8 Å². The van der Waals surface area contributed by atoms with Crippen LogP contribution in [0.15, 0.2) is 24.3 Å². The number of nitrogens with zero attached hydrogens (tertiary/aromatic N) is 1. The molecule has 6 nitrogen and oxygen atoms in total. The molecule has 0 saturated carbocycles. The van der Waals surface area contributed by atoms with Crippen molar-refractivity contribution in [1.29, 1.82) is 0 Å². The number of carboxylic acids is 1. The van der Waals surface area contributed by atoms with E-state index in [9.17, 15) is 14.4 Å². The van der Waals surface area contributed by atoms with Crippen molar-refractivity contribution in [3.8, 4) is 0 Å². The number of hydrogen-bond acceptors (Lipinski definition) is 4. The third-order valence-corrected chi connectivity index (χ3v) is 5.65. The zero-order valence-corrected chi connectivity index (χ0v) is 12.9. The second kappa shape index (κ2) is 5.31. The lowest BCUT2D eigenvalue weighted by atomic mass is 10.2. The highest BCUT2D eigenvalue weighted by Gasteiger charge is 2.52. The van der Waals surface area contributed by atoms with Gasteiger partial charge in [-0.1, -0.05) is 0 Å². The van der Waals surface area contributed by atoms with Crippen LogP contribution < -0.4 is 5.32 Å². The van der Waals surface area contributed by atoms with E-state index in [1.165, 1.54) is 12.1 Å². The van der Waals surface area contributed by atoms with Gasteiger partial charge in [0.15, 0.2) is 0 Å². The third kappa shape index (κ3) is 2.45.